The van der Waals surface area contributed by atoms with Crippen molar-refractivity contribution in [1.29, 1.82) is 0 Å². The molecule has 0 N–H and O–H groups in total. The molecule has 3 saturated heterocycles. The monoisotopic (exact) mass is 349 g/mol. The van der Waals surface area contributed by atoms with Crippen molar-refractivity contribution < 1.29 is 19.0 Å². The lowest BCUT2D eigenvalue weighted by molar-refractivity contribution is -0.139. The Bertz CT molecular complexity index is 484. The van der Waals surface area contributed by atoms with Gasteiger partial charge in [0.05, 0.1) is 24.9 Å². The van der Waals surface area contributed by atoms with Crippen LogP contribution in [0.2, 0.25) is 0 Å². The molecule has 1 spiro atoms. The molecule has 1 unspecified atom stereocenters. The Balaban J connectivity index is 1.21. The van der Waals surface area contributed by atoms with Crippen LogP contribution < -0.4 is 0 Å². The molecule has 0 aromatic heterocycles. The fourth-order valence-corrected chi connectivity index (χ4v) is 4.65. The molecule has 3 aliphatic heterocycles. The first-order valence-corrected chi connectivity index (χ1v) is 10.0. The van der Waals surface area contributed by atoms with Crippen LogP contribution in [-0.4, -0.2) is 62.0 Å². The maximum Gasteiger partial charge on any atom is 0.226 e. The summed E-state index contributed by atoms with van der Waals surface area (Å²) >= 11 is 0. The van der Waals surface area contributed by atoms with E-state index in [1.54, 1.807) is 0 Å². The average molecular weight is 349 g/mol. The highest BCUT2D eigenvalue weighted by Gasteiger charge is 2.44. The second-order valence-electron chi connectivity index (χ2n) is 8.17. The standard InChI is InChI=1S/C20H31NO4/c22-19(17-3-1-2-4-17)21-9-7-20(8-10-21)13-18(15-25-20)24-14-16-5-11-23-12-6-16/h1-2,16-18H,3-15H2. The van der Waals surface area contributed by atoms with Gasteiger partial charge < -0.3 is 19.1 Å². The molecule has 0 bridgehead atoms. The van der Waals surface area contributed by atoms with Gasteiger partial charge in [0.1, 0.15) is 0 Å². The summed E-state index contributed by atoms with van der Waals surface area (Å²) < 4.78 is 17.8. The minimum Gasteiger partial charge on any atom is -0.381 e. The predicted molar refractivity (Wildman–Crippen MR) is 94.3 cm³/mol. The van der Waals surface area contributed by atoms with Gasteiger partial charge in [0, 0.05) is 38.6 Å². The highest BCUT2D eigenvalue weighted by molar-refractivity contribution is 5.79. The van der Waals surface area contributed by atoms with E-state index in [2.05, 4.69) is 17.1 Å². The summed E-state index contributed by atoms with van der Waals surface area (Å²) in [5, 5.41) is 0. The van der Waals surface area contributed by atoms with Gasteiger partial charge in [-0.25, -0.2) is 0 Å². The van der Waals surface area contributed by atoms with E-state index in [1.807, 2.05) is 0 Å². The molecule has 140 valence electrons. The highest BCUT2D eigenvalue weighted by Crippen LogP contribution is 2.38. The Hall–Kier alpha value is -0.910. The number of hydrogen-bond donors (Lipinski definition) is 0. The van der Waals surface area contributed by atoms with Crippen LogP contribution in [0, 0.1) is 11.8 Å². The first-order valence-electron chi connectivity index (χ1n) is 10.0. The van der Waals surface area contributed by atoms with E-state index >= 15 is 0 Å². The Labute approximate surface area is 150 Å². The Morgan fingerprint density at radius 2 is 1.88 bits per heavy atom. The van der Waals surface area contributed by atoms with E-state index < -0.39 is 0 Å². The van der Waals surface area contributed by atoms with Crippen molar-refractivity contribution in [2.45, 2.75) is 56.7 Å². The van der Waals surface area contributed by atoms with Crippen molar-refractivity contribution in [3.05, 3.63) is 12.2 Å². The molecule has 25 heavy (non-hydrogen) atoms. The molecule has 0 radical (unpaired) electrons. The fourth-order valence-electron chi connectivity index (χ4n) is 4.65. The molecule has 4 rings (SSSR count). The molecule has 0 aromatic carbocycles. The van der Waals surface area contributed by atoms with Gasteiger partial charge in [-0.1, -0.05) is 12.2 Å². The molecule has 5 heteroatoms. The molecule has 4 aliphatic rings. The first kappa shape index (κ1) is 17.5. The number of carbonyl (C=O) groups is 1. The number of hydrogen-bond acceptors (Lipinski definition) is 4. The number of nitrogens with zero attached hydrogens (tertiary/aromatic N) is 1. The van der Waals surface area contributed by atoms with Crippen LogP contribution in [0.1, 0.15) is 44.9 Å². The van der Waals surface area contributed by atoms with Crippen molar-refractivity contribution in [2.24, 2.45) is 11.8 Å². The van der Waals surface area contributed by atoms with E-state index in [4.69, 9.17) is 14.2 Å². The summed E-state index contributed by atoms with van der Waals surface area (Å²) in [6, 6.07) is 0. The molecule has 5 nitrogen and oxygen atoms in total. The van der Waals surface area contributed by atoms with Crippen LogP contribution in [0.4, 0.5) is 0 Å². The zero-order valence-corrected chi connectivity index (χ0v) is 15.2. The van der Waals surface area contributed by atoms with Gasteiger partial charge in [0.2, 0.25) is 5.91 Å². The molecule has 3 fully saturated rings. The summed E-state index contributed by atoms with van der Waals surface area (Å²) in [5.74, 6) is 1.17. The minimum absolute atomic E-state index is 0.0505. The Morgan fingerprint density at radius 1 is 1.16 bits per heavy atom. The minimum atomic E-state index is -0.0505. The highest BCUT2D eigenvalue weighted by atomic mass is 16.6. The van der Waals surface area contributed by atoms with Gasteiger partial charge in [-0.15, -0.1) is 0 Å². The number of allylic oxidation sites excluding steroid dienone is 2. The molecule has 1 amide bonds. The number of carbonyl (C=O) groups excluding carboxylic acids is 1. The third-order valence-electron chi connectivity index (χ3n) is 6.43. The maximum atomic E-state index is 12.6. The quantitative estimate of drug-likeness (QED) is 0.732. The Morgan fingerprint density at radius 3 is 2.60 bits per heavy atom. The zero-order chi connectivity index (χ0) is 17.1. The third kappa shape index (κ3) is 4.09. The largest absolute Gasteiger partial charge is 0.381 e. The topological polar surface area (TPSA) is 48.0 Å². The number of piperidine rings is 1. The normalized spacial score (nSPS) is 30.4. The fraction of sp³-hybridized carbons (Fsp3) is 0.850. The predicted octanol–water partition coefficient (Wildman–Crippen LogP) is 2.55. The van der Waals surface area contributed by atoms with Crippen LogP contribution in [0.5, 0.6) is 0 Å². The summed E-state index contributed by atoms with van der Waals surface area (Å²) in [6.07, 6.45) is 11.5. The molecule has 0 aromatic rings. The van der Waals surface area contributed by atoms with Crippen molar-refractivity contribution in [3.8, 4) is 0 Å². The SMILES string of the molecule is O=C(C1CC=CC1)N1CCC2(CC1)CC(OCC1CCOCC1)CO2. The molecule has 0 saturated carbocycles. The molecule has 1 atom stereocenters. The van der Waals surface area contributed by atoms with E-state index in [9.17, 15) is 4.79 Å². The van der Waals surface area contributed by atoms with E-state index in [-0.39, 0.29) is 17.6 Å². The van der Waals surface area contributed by atoms with E-state index in [0.717, 1.165) is 77.9 Å². The van der Waals surface area contributed by atoms with Crippen LogP contribution >= 0.6 is 0 Å². The summed E-state index contributed by atoms with van der Waals surface area (Å²) in [6.45, 7) is 4.97. The van der Waals surface area contributed by atoms with E-state index in [0.29, 0.717) is 18.4 Å². The van der Waals surface area contributed by atoms with Crippen molar-refractivity contribution in [3.63, 3.8) is 0 Å². The van der Waals surface area contributed by atoms with Gasteiger partial charge >= 0.3 is 0 Å². The smallest absolute Gasteiger partial charge is 0.226 e. The van der Waals surface area contributed by atoms with Crippen LogP contribution in [0.15, 0.2) is 12.2 Å². The third-order valence-corrected chi connectivity index (χ3v) is 6.43. The van der Waals surface area contributed by atoms with Crippen molar-refractivity contribution in [2.75, 3.05) is 39.5 Å². The molecule has 1 aliphatic carbocycles. The molecular weight excluding hydrogens is 318 g/mol. The number of rotatable bonds is 4. The summed E-state index contributed by atoms with van der Waals surface area (Å²) in [4.78, 5) is 14.6. The number of amides is 1. The maximum absolute atomic E-state index is 12.6. The lowest BCUT2D eigenvalue weighted by Gasteiger charge is -2.39. The van der Waals surface area contributed by atoms with E-state index in [1.165, 1.54) is 0 Å². The number of likely N-dealkylation sites (tertiary alicyclic amines) is 1. The molecule has 3 heterocycles. The van der Waals surface area contributed by atoms with Crippen molar-refractivity contribution in [1.82, 2.24) is 4.90 Å². The zero-order valence-electron chi connectivity index (χ0n) is 15.2. The van der Waals surface area contributed by atoms with Gasteiger partial charge in [0.15, 0.2) is 0 Å². The average Bonchev–Trinajstić information content (AvgIpc) is 3.32. The lowest BCUT2D eigenvalue weighted by atomic mass is 9.87. The first-order chi connectivity index (χ1) is 12.2. The van der Waals surface area contributed by atoms with Gasteiger partial charge in [-0.05, 0) is 44.4 Å². The van der Waals surface area contributed by atoms with Gasteiger partial charge in [0.25, 0.3) is 0 Å². The molecular formula is C20H31NO4. The summed E-state index contributed by atoms with van der Waals surface area (Å²) in [7, 11) is 0. The summed E-state index contributed by atoms with van der Waals surface area (Å²) in [5.41, 5.74) is -0.0505. The number of ether oxygens (including phenoxy) is 3. The second kappa shape index (κ2) is 7.77. The van der Waals surface area contributed by atoms with Gasteiger partial charge in [-0.3, -0.25) is 4.79 Å². The second-order valence-corrected chi connectivity index (χ2v) is 8.17. The van der Waals surface area contributed by atoms with Crippen LogP contribution in [-0.2, 0) is 19.0 Å². The van der Waals surface area contributed by atoms with Gasteiger partial charge in [-0.2, -0.15) is 0 Å². The Kier molecular flexibility index (Phi) is 5.44. The van der Waals surface area contributed by atoms with Crippen LogP contribution in [0.3, 0.4) is 0 Å². The van der Waals surface area contributed by atoms with Crippen molar-refractivity contribution >= 4 is 5.91 Å². The van der Waals surface area contributed by atoms with Crippen LogP contribution in [0.25, 0.3) is 0 Å². The lowest BCUT2D eigenvalue weighted by Crippen LogP contribution is -2.48.